The van der Waals surface area contributed by atoms with Crippen molar-refractivity contribution in [2.75, 3.05) is 7.11 Å². The lowest BCUT2D eigenvalue weighted by molar-refractivity contribution is -0.274. The topological polar surface area (TPSA) is 134 Å². The van der Waals surface area contributed by atoms with Crippen LogP contribution in [0, 0.1) is 0 Å². The minimum absolute atomic E-state index is 0.0127. The van der Waals surface area contributed by atoms with E-state index < -0.39 is 33.0 Å². The molecule has 1 aromatic heterocycles. The molecule has 0 aliphatic carbocycles. The summed E-state index contributed by atoms with van der Waals surface area (Å²) in [7, 11) is -3.22. The zero-order chi connectivity index (χ0) is 27.1. The Balaban J connectivity index is 1.73. The average molecular weight is 665 g/mol. The zero-order valence-electron chi connectivity index (χ0n) is 18.4. The lowest BCUT2D eigenvalue weighted by Gasteiger charge is -2.16. The number of alkyl halides is 3. The van der Waals surface area contributed by atoms with Gasteiger partial charge in [0.2, 0.25) is 0 Å². The molecule has 3 aromatic carbocycles. The average Bonchev–Trinajstić information content (AvgIpc) is 3.25. The van der Waals surface area contributed by atoms with E-state index in [1.54, 1.807) is 12.1 Å². The standard InChI is InChI=1S/C22H14Br2F3N3O6S/c1-34-15-9-13(21-29-14-4-2-3-12(20(28)31)18(14)30-21)16(23)17(24)19(15)36-37(32,33)11-7-5-10(6-8-11)35-22(25,26)27/h2-9H,1H3,(H2,28,31)(H,29,30). The van der Waals surface area contributed by atoms with Gasteiger partial charge in [0.25, 0.3) is 5.91 Å². The lowest BCUT2D eigenvalue weighted by atomic mass is 10.2. The van der Waals surface area contributed by atoms with Crippen LogP contribution in [0.15, 0.2) is 62.4 Å². The smallest absolute Gasteiger partial charge is 0.493 e. The molecule has 0 bridgehead atoms. The maximum atomic E-state index is 12.9. The first-order valence-electron chi connectivity index (χ1n) is 9.96. The van der Waals surface area contributed by atoms with Crippen molar-refractivity contribution in [2.24, 2.45) is 5.73 Å². The minimum Gasteiger partial charge on any atom is -0.493 e. The fourth-order valence-corrected chi connectivity index (χ4v) is 5.34. The lowest BCUT2D eigenvalue weighted by Crippen LogP contribution is -2.17. The highest BCUT2D eigenvalue weighted by Crippen LogP contribution is 2.47. The van der Waals surface area contributed by atoms with Crippen molar-refractivity contribution in [1.29, 1.82) is 0 Å². The maximum absolute atomic E-state index is 12.9. The van der Waals surface area contributed by atoms with E-state index in [4.69, 9.17) is 14.7 Å². The van der Waals surface area contributed by atoms with Gasteiger partial charge in [0.1, 0.15) is 22.0 Å². The number of rotatable bonds is 7. The molecule has 0 saturated heterocycles. The third kappa shape index (κ3) is 5.52. The van der Waals surface area contributed by atoms with E-state index in [-0.39, 0.29) is 21.5 Å². The van der Waals surface area contributed by atoms with Gasteiger partial charge in [-0.3, -0.25) is 4.79 Å². The highest BCUT2D eigenvalue weighted by atomic mass is 79.9. The molecular weight excluding hydrogens is 651 g/mol. The number of para-hydroxylation sites is 1. The highest BCUT2D eigenvalue weighted by Gasteiger charge is 2.31. The number of aromatic nitrogens is 2. The van der Waals surface area contributed by atoms with Crippen molar-refractivity contribution in [3.63, 3.8) is 0 Å². The molecular formula is C22H14Br2F3N3O6S. The molecule has 0 saturated carbocycles. The van der Waals surface area contributed by atoms with Crippen LogP contribution in [-0.4, -0.2) is 37.8 Å². The number of H-pyrrole nitrogens is 1. The molecule has 0 radical (unpaired) electrons. The number of benzene rings is 3. The number of nitrogens with two attached hydrogens (primary N) is 1. The van der Waals surface area contributed by atoms with Gasteiger partial charge in [0, 0.05) is 10.0 Å². The van der Waals surface area contributed by atoms with Crippen LogP contribution < -0.4 is 19.4 Å². The van der Waals surface area contributed by atoms with Crippen LogP contribution >= 0.6 is 31.9 Å². The molecule has 0 aliphatic rings. The number of primary amides is 1. The van der Waals surface area contributed by atoms with Gasteiger partial charge in [0.15, 0.2) is 11.5 Å². The van der Waals surface area contributed by atoms with Crippen LogP contribution in [0.5, 0.6) is 17.2 Å². The van der Waals surface area contributed by atoms with E-state index in [0.717, 1.165) is 24.3 Å². The Morgan fingerprint density at radius 2 is 1.76 bits per heavy atom. The number of imidazole rings is 1. The summed E-state index contributed by atoms with van der Waals surface area (Å²) in [5.41, 5.74) is 6.94. The molecule has 9 nitrogen and oxygen atoms in total. The molecule has 0 fully saturated rings. The summed E-state index contributed by atoms with van der Waals surface area (Å²) >= 11 is 6.68. The largest absolute Gasteiger partial charge is 0.573 e. The summed E-state index contributed by atoms with van der Waals surface area (Å²) in [5, 5.41) is 0. The van der Waals surface area contributed by atoms with Gasteiger partial charge in [-0.15, -0.1) is 13.2 Å². The summed E-state index contributed by atoms with van der Waals surface area (Å²) in [6.45, 7) is 0. The Labute approximate surface area is 224 Å². The van der Waals surface area contributed by atoms with E-state index in [1.165, 1.54) is 19.2 Å². The molecule has 15 heteroatoms. The van der Waals surface area contributed by atoms with Gasteiger partial charge >= 0.3 is 16.5 Å². The Hall–Kier alpha value is -3.30. The highest BCUT2D eigenvalue weighted by molar-refractivity contribution is 9.13. The molecule has 0 unspecified atom stereocenters. The third-order valence-electron chi connectivity index (χ3n) is 4.92. The fourth-order valence-electron chi connectivity index (χ4n) is 3.31. The summed E-state index contributed by atoms with van der Waals surface area (Å²) < 4.78 is 77.7. The van der Waals surface area contributed by atoms with Gasteiger partial charge < -0.3 is 24.4 Å². The van der Waals surface area contributed by atoms with E-state index in [0.29, 0.717) is 26.9 Å². The molecule has 4 rings (SSSR count). The molecule has 3 N–H and O–H groups in total. The van der Waals surface area contributed by atoms with Crippen LogP contribution in [0.1, 0.15) is 10.4 Å². The SMILES string of the molecule is COc1cc(-c2nc3c(C(N)=O)cccc3[nH]2)c(Br)c(Br)c1OS(=O)(=O)c1ccc(OC(F)(F)F)cc1. The first-order valence-corrected chi connectivity index (χ1v) is 13.0. The molecule has 0 atom stereocenters. The quantitative estimate of drug-likeness (QED) is 0.248. The first kappa shape index (κ1) is 26.8. The van der Waals surface area contributed by atoms with E-state index in [1.807, 2.05) is 0 Å². The number of aromatic amines is 1. The van der Waals surface area contributed by atoms with E-state index in [9.17, 15) is 26.4 Å². The zero-order valence-corrected chi connectivity index (χ0v) is 22.4. The number of methoxy groups -OCH3 is 1. The van der Waals surface area contributed by atoms with E-state index >= 15 is 0 Å². The maximum Gasteiger partial charge on any atom is 0.573 e. The number of ether oxygens (including phenoxy) is 2. The van der Waals surface area contributed by atoms with Crippen molar-refractivity contribution in [2.45, 2.75) is 11.3 Å². The van der Waals surface area contributed by atoms with Crippen molar-refractivity contribution in [3.05, 3.63) is 63.0 Å². The van der Waals surface area contributed by atoms with Crippen molar-refractivity contribution in [3.8, 4) is 28.6 Å². The van der Waals surface area contributed by atoms with Gasteiger partial charge in [-0.05, 0) is 74.3 Å². The van der Waals surface area contributed by atoms with Gasteiger partial charge in [0.05, 0.1) is 22.7 Å². The number of carbonyl (C=O) groups is 1. The molecule has 194 valence electrons. The van der Waals surface area contributed by atoms with Crippen molar-refractivity contribution < 1.29 is 40.0 Å². The Kier molecular flexibility index (Phi) is 7.14. The molecule has 0 aliphatic heterocycles. The third-order valence-corrected chi connectivity index (χ3v) is 8.27. The number of fused-ring (bicyclic) bond motifs is 1. The first-order chi connectivity index (χ1) is 17.3. The normalized spacial score (nSPS) is 11.9. The summed E-state index contributed by atoms with van der Waals surface area (Å²) in [4.78, 5) is 18.9. The molecule has 0 spiro atoms. The van der Waals surface area contributed by atoms with Crippen LogP contribution in [0.4, 0.5) is 13.2 Å². The second kappa shape index (κ2) is 9.87. The van der Waals surface area contributed by atoms with Crippen molar-refractivity contribution in [1.82, 2.24) is 9.97 Å². The van der Waals surface area contributed by atoms with Gasteiger partial charge in [-0.1, -0.05) is 6.07 Å². The number of carbonyl (C=O) groups excluding carboxylic acids is 1. The fraction of sp³-hybridized carbons (Fsp3) is 0.0909. The van der Waals surface area contributed by atoms with Crippen LogP contribution in [0.25, 0.3) is 22.4 Å². The molecule has 1 heterocycles. The number of amides is 1. The van der Waals surface area contributed by atoms with Crippen molar-refractivity contribution >= 4 is 58.9 Å². The predicted molar refractivity (Wildman–Crippen MR) is 133 cm³/mol. The summed E-state index contributed by atoms with van der Waals surface area (Å²) in [6, 6.07) is 9.82. The summed E-state index contributed by atoms with van der Waals surface area (Å²) in [5.74, 6) is -1.19. The molecule has 4 aromatic rings. The second-order valence-corrected chi connectivity index (χ2v) is 10.4. The molecule has 37 heavy (non-hydrogen) atoms. The van der Waals surface area contributed by atoms with Gasteiger partial charge in [-0.2, -0.15) is 8.42 Å². The number of hydrogen-bond acceptors (Lipinski definition) is 7. The van der Waals surface area contributed by atoms with Gasteiger partial charge in [-0.25, -0.2) is 4.98 Å². The van der Waals surface area contributed by atoms with Crippen LogP contribution in [-0.2, 0) is 10.1 Å². The number of hydrogen-bond donors (Lipinski definition) is 2. The predicted octanol–water partition coefficient (Wildman–Crippen LogP) is 5.53. The second-order valence-electron chi connectivity index (χ2n) is 7.29. The molecule has 1 amide bonds. The minimum atomic E-state index is -4.93. The Bertz CT molecular complexity index is 1620. The number of nitrogens with zero attached hydrogens (tertiary/aromatic N) is 1. The Morgan fingerprint density at radius 1 is 1.08 bits per heavy atom. The number of nitrogens with one attached hydrogen (secondary N) is 1. The Morgan fingerprint density at radius 3 is 2.35 bits per heavy atom. The van der Waals surface area contributed by atoms with Crippen LogP contribution in [0.2, 0.25) is 0 Å². The number of halogens is 5. The monoisotopic (exact) mass is 663 g/mol. The van der Waals surface area contributed by atoms with E-state index in [2.05, 4.69) is 46.6 Å². The van der Waals surface area contributed by atoms with Crippen LogP contribution in [0.3, 0.4) is 0 Å². The summed E-state index contributed by atoms with van der Waals surface area (Å²) in [6.07, 6.45) is -4.93.